The highest BCUT2D eigenvalue weighted by Crippen LogP contribution is 2.23. The summed E-state index contributed by atoms with van der Waals surface area (Å²) in [6.45, 7) is 7.39. The minimum Gasteiger partial charge on any atom is -0.352 e. The number of hydrogen-bond acceptors (Lipinski definition) is 3. The smallest absolute Gasteiger partial charge is 0.252 e. The van der Waals surface area contributed by atoms with E-state index in [1.165, 1.54) is 0 Å². The second-order valence-electron chi connectivity index (χ2n) is 6.69. The van der Waals surface area contributed by atoms with Gasteiger partial charge < -0.3 is 16.0 Å². The van der Waals surface area contributed by atoms with E-state index in [1.807, 2.05) is 27.8 Å². The summed E-state index contributed by atoms with van der Waals surface area (Å²) in [5.74, 6) is -0.321. The van der Waals surface area contributed by atoms with E-state index >= 15 is 0 Å². The van der Waals surface area contributed by atoms with Crippen molar-refractivity contribution in [3.8, 4) is 0 Å². The Morgan fingerprint density at radius 1 is 1.17 bits per heavy atom. The first kappa shape index (κ1) is 22.7. The SMILES string of the molecule is CNCCCNC(=O)c1cc(NC(=O)CC(C)(C)C)ccc1Cl.Cl. The summed E-state index contributed by atoms with van der Waals surface area (Å²) < 4.78 is 0. The molecule has 24 heavy (non-hydrogen) atoms. The minimum absolute atomic E-state index is 0. The van der Waals surface area contributed by atoms with Gasteiger partial charge in [-0.15, -0.1) is 12.4 Å². The third-order valence-corrected chi connectivity index (χ3v) is 3.40. The molecule has 1 aromatic carbocycles. The van der Waals surface area contributed by atoms with Gasteiger partial charge in [0.1, 0.15) is 0 Å². The van der Waals surface area contributed by atoms with Gasteiger partial charge in [-0.2, -0.15) is 0 Å². The second-order valence-corrected chi connectivity index (χ2v) is 7.10. The van der Waals surface area contributed by atoms with Crippen molar-refractivity contribution in [1.29, 1.82) is 0 Å². The Bertz CT molecular complexity index is 557. The van der Waals surface area contributed by atoms with Crippen LogP contribution in [-0.2, 0) is 4.79 Å². The molecule has 0 radical (unpaired) electrons. The van der Waals surface area contributed by atoms with Gasteiger partial charge in [0, 0.05) is 18.7 Å². The highest BCUT2D eigenvalue weighted by atomic mass is 35.5. The Morgan fingerprint density at radius 3 is 2.42 bits per heavy atom. The van der Waals surface area contributed by atoms with Crippen molar-refractivity contribution in [2.24, 2.45) is 5.41 Å². The number of halogens is 2. The molecule has 3 N–H and O–H groups in total. The Labute approximate surface area is 155 Å². The van der Waals surface area contributed by atoms with Crippen LogP contribution < -0.4 is 16.0 Å². The average molecular weight is 376 g/mol. The van der Waals surface area contributed by atoms with Crippen LogP contribution in [0.1, 0.15) is 44.0 Å². The van der Waals surface area contributed by atoms with Gasteiger partial charge in [0.15, 0.2) is 0 Å². The van der Waals surface area contributed by atoms with Crippen LogP contribution in [0.3, 0.4) is 0 Å². The van der Waals surface area contributed by atoms with Gasteiger partial charge >= 0.3 is 0 Å². The molecule has 136 valence electrons. The molecule has 1 aromatic rings. The summed E-state index contributed by atoms with van der Waals surface area (Å²) in [6.07, 6.45) is 1.24. The monoisotopic (exact) mass is 375 g/mol. The number of hydrogen-bond donors (Lipinski definition) is 3. The lowest BCUT2D eigenvalue weighted by atomic mass is 9.92. The van der Waals surface area contributed by atoms with E-state index in [0.717, 1.165) is 13.0 Å². The van der Waals surface area contributed by atoms with Gasteiger partial charge in [0.05, 0.1) is 10.6 Å². The summed E-state index contributed by atoms with van der Waals surface area (Å²) in [4.78, 5) is 24.2. The lowest BCUT2D eigenvalue weighted by molar-refractivity contribution is -0.117. The molecular weight excluding hydrogens is 349 g/mol. The molecule has 0 fully saturated rings. The number of benzene rings is 1. The topological polar surface area (TPSA) is 70.2 Å². The average Bonchev–Trinajstić information content (AvgIpc) is 2.43. The zero-order valence-electron chi connectivity index (χ0n) is 14.7. The van der Waals surface area contributed by atoms with Crippen molar-refractivity contribution in [3.63, 3.8) is 0 Å². The summed E-state index contributed by atoms with van der Waals surface area (Å²) in [5, 5.41) is 9.01. The quantitative estimate of drug-likeness (QED) is 0.638. The zero-order valence-corrected chi connectivity index (χ0v) is 16.2. The van der Waals surface area contributed by atoms with E-state index in [-0.39, 0.29) is 29.6 Å². The number of rotatable bonds is 7. The summed E-state index contributed by atoms with van der Waals surface area (Å²) in [7, 11) is 1.86. The molecule has 0 aliphatic heterocycles. The first-order valence-corrected chi connectivity index (χ1v) is 8.13. The van der Waals surface area contributed by atoms with Crippen LogP contribution in [0.25, 0.3) is 0 Å². The van der Waals surface area contributed by atoms with Crippen molar-refractivity contribution < 1.29 is 9.59 Å². The summed E-state index contributed by atoms with van der Waals surface area (Å²) in [6, 6.07) is 4.92. The molecule has 0 aliphatic carbocycles. The van der Waals surface area contributed by atoms with Gasteiger partial charge in [0.2, 0.25) is 5.91 Å². The number of nitrogens with one attached hydrogen (secondary N) is 3. The molecule has 0 atom stereocenters. The van der Waals surface area contributed by atoms with Crippen LogP contribution in [-0.4, -0.2) is 32.0 Å². The number of carbonyl (C=O) groups is 2. The van der Waals surface area contributed by atoms with Crippen molar-refractivity contribution in [3.05, 3.63) is 28.8 Å². The standard InChI is InChI=1S/C17H26ClN3O2.ClH/c1-17(2,3)11-15(22)21-12-6-7-14(18)13(10-12)16(23)20-9-5-8-19-4;/h6-7,10,19H,5,8-9,11H2,1-4H3,(H,20,23)(H,21,22);1H. The van der Waals surface area contributed by atoms with Crippen LogP contribution in [0, 0.1) is 5.41 Å². The molecule has 0 bridgehead atoms. The van der Waals surface area contributed by atoms with E-state index in [9.17, 15) is 9.59 Å². The fraction of sp³-hybridized carbons (Fsp3) is 0.529. The molecule has 0 aliphatic rings. The molecule has 0 saturated carbocycles. The Balaban J connectivity index is 0.00000529. The first-order chi connectivity index (χ1) is 10.7. The largest absolute Gasteiger partial charge is 0.352 e. The van der Waals surface area contributed by atoms with E-state index in [4.69, 9.17) is 11.6 Å². The van der Waals surface area contributed by atoms with Crippen molar-refractivity contribution in [1.82, 2.24) is 10.6 Å². The number of anilines is 1. The summed E-state index contributed by atoms with van der Waals surface area (Å²) >= 11 is 6.09. The maximum absolute atomic E-state index is 12.2. The molecular formula is C17H27Cl2N3O2. The Kier molecular flexibility index (Phi) is 9.97. The van der Waals surface area contributed by atoms with Crippen molar-refractivity contribution in [2.45, 2.75) is 33.6 Å². The lowest BCUT2D eigenvalue weighted by Gasteiger charge is -2.17. The zero-order chi connectivity index (χ0) is 17.5. The number of carbonyl (C=O) groups excluding carboxylic acids is 2. The second kappa shape index (κ2) is 10.5. The van der Waals surface area contributed by atoms with Gasteiger partial charge in [-0.05, 0) is 43.6 Å². The van der Waals surface area contributed by atoms with Crippen LogP contribution in [0.2, 0.25) is 5.02 Å². The molecule has 7 heteroatoms. The Hall–Kier alpha value is -1.30. The van der Waals surface area contributed by atoms with Crippen LogP contribution in [0.4, 0.5) is 5.69 Å². The molecule has 0 heterocycles. The molecule has 2 amide bonds. The lowest BCUT2D eigenvalue weighted by Crippen LogP contribution is -2.27. The van der Waals surface area contributed by atoms with Gasteiger partial charge in [-0.3, -0.25) is 9.59 Å². The molecule has 0 unspecified atom stereocenters. The molecule has 0 saturated heterocycles. The van der Waals surface area contributed by atoms with Crippen LogP contribution in [0.15, 0.2) is 18.2 Å². The third-order valence-electron chi connectivity index (χ3n) is 3.07. The Morgan fingerprint density at radius 2 is 1.83 bits per heavy atom. The third kappa shape index (κ3) is 8.52. The predicted octanol–water partition coefficient (Wildman–Crippen LogP) is 3.48. The fourth-order valence-corrected chi connectivity index (χ4v) is 2.23. The van der Waals surface area contributed by atoms with Crippen molar-refractivity contribution >= 4 is 41.5 Å². The summed E-state index contributed by atoms with van der Waals surface area (Å²) in [5.41, 5.74) is 0.845. The van der Waals surface area contributed by atoms with Crippen molar-refractivity contribution in [2.75, 3.05) is 25.5 Å². The van der Waals surface area contributed by atoms with E-state index in [1.54, 1.807) is 18.2 Å². The van der Waals surface area contributed by atoms with Crippen LogP contribution >= 0.6 is 24.0 Å². The van der Waals surface area contributed by atoms with Gasteiger partial charge in [-0.25, -0.2) is 0 Å². The molecule has 5 nitrogen and oxygen atoms in total. The fourth-order valence-electron chi connectivity index (χ4n) is 2.03. The maximum atomic E-state index is 12.2. The maximum Gasteiger partial charge on any atom is 0.252 e. The normalized spacial score (nSPS) is 10.7. The van der Waals surface area contributed by atoms with E-state index in [2.05, 4.69) is 16.0 Å². The molecule has 0 aromatic heterocycles. The van der Waals surface area contributed by atoms with E-state index < -0.39 is 0 Å². The highest BCUT2D eigenvalue weighted by Gasteiger charge is 2.17. The van der Waals surface area contributed by atoms with Crippen LogP contribution in [0.5, 0.6) is 0 Å². The first-order valence-electron chi connectivity index (χ1n) is 7.75. The highest BCUT2D eigenvalue weighted by molar-refractivity contribution is 6.34. The van der Waals surface area contributed by atoms with Gasteiger partial charge in [-0.1, -0.05) is 32.4 Å². The van der Waals surface area contributed by atoms with E-state index in [0.29, 0.717) is 29.2 Å². The minimum atomic E-state index is -0.238. The van der Waals surface area contributed by atoms with Gasteiger partial charge in [0.25, 0.3) is 5.91 Å². The molecule has 0 spiro atoms. The predicted molar refractivity (Wildman–Crippen MR) is 102 cm³/mol. The molecule has 1 rings (SSSR count). The number of amides is 2.